The van der Waals surface area contributed by atoms with Crippen molar-refractivity contribution in [1.29, 1.82) is 0 Å². The number of carbonyl (C=O) groups excluding carboxylic acids is 1. The van der Waals surface area contributed by atoms with Crippen LogP contribution < -0.4 is 0 Å². The smallest absolute Gasteiger partial charge is 0.320 e. The number of nitrogens with zero attached hydrogens (tertiary/aromatic N) is 2. The van der Waals surface area contributed by atoms with Gasteiger partial charge in [0.25, 0.3) is 0 Å². The average Bonchev–Trinajstić information content (AvgIpc) is 2.95. The zero-order valence-electron chi connectivity index (χ0n) is 11.2. The van der Waals surface area contributed by atoms with Gasteiger partial charge in [-0.05, 0) is 25.7 Å². The van der Waals surface area contributed by atoms with Crippen LogP contribution in [-0.2, 0) is 4.79 Å². The van der Waals surface area contributed by atoms with Gasteiger partial charge in [0.1, 0.15) is 0 Å². The lowest BCUT2D eigenvalue weighted by atomic mass is 9.90. The van der Waals surface area contributed by atoms with Gasteiger partial charge in [0.05, 0.1) is 5.41 Å². The minimum absolute atomic E-state index is 0.0240. The molecule has 102 valence electrons. The lowest BCUT2D eigenvalue weighted by molar-refractivity contribution is -0.147. The maximum absolute atomic E-state index is 12.3. The van der Waals surface area contributed by atoms with Crippen molar-refractivity contribution in [2.24, 2.45) is 11.3 Å². The summed E-state index contributed by atoms with van der Waals surface area (Å²) >= 11 is 0. The molecule has 1 N–H and O–H groups in total. The summed E-state index contributed by atoms with van der Waals surface area (Å²) in [5.41, 5.74) is -0.764. The van der Waals surface area contributed by atoms with Crippen LogP contribution in [-0.4, -0.2) is 53.1 Å². The van der Waals surface area contributed by atoms with Crippen LogP contribution >= 0.6 is 0 Å². The third kappa shape index (κ3) is 2.31. The number of carboxylic acid groups (broad SMARTS) is 1. The second-order valence-corrected chi connectivity index (χ2v) is 5.83. The summed E-state index contributed by atoms with van der Waals surface area (Å²) in [5, 5.41) is 9.17. The molecule has 0 aromatic heterocycles. The topological polar surface area (TPSA) is 60.9 Å². The Balaban J connectivity index is 1.94. The minimum atomic E-state index is -0.800. The molecule has 2 saturated heterocycles. The summed E-state index contributed by atoms with van der Waals surface area (Å²) < 4.78 is 0. The van der Waals surface area contributed by atoms with Gasteiger partial charge in [0.2, 0.25) is 0 Å². The Morgan fingerprint density at radius 1 is 1.33 bits per heavy atom. The molecule has 2 unspecified atom stereocenters. The normalized spacial score (nSPS) is 32.0. The predicted octanol–water partition coefficient (Wildman–Crippen LogP) is 1.63. The number of carboxylic acids is 1. The Labute approximate surface area is 108 Å². The van der Waals surface area contributed by atoms with Crippen LogP contribution in [0, 0.1) is 11.3 Å². The Hall–Kier alpha value is -1.26. The molecule has 2 heterocycles. The van der Waals surface area contributed by atoms with Gasteiger partial charge in [-0.15, -0.1) is 0 Å². The first-order valence-corrected chi connectivity index (χ1v) is 6.73. The molecule has 2 aliphatic rings. The van der Waals surface area contributed by atoms with E-state index in [1.165, 1.54) is 0 Å². The summed E-state index contributed by atoms with van der Waals surface area (Å²) in [6.45, 7) is 6.42. The number of aliphatic carboxylic acids is 1. The van der Waals surface area contributed by atoms with E-state index >= 15 is 0 Å². The third-order valence-electron chi connectivity index (χ3n) is 4.39. The van der Waals surface area contributed by atoms with Crippen LogP contribution in [0.4, 0.5) is 4.79 Å². The number of hydrogen-bond acceptors (Lipinski definition) is 2. The number of carbonyl (C=O) groups is 2. The summed E-state index contributed by atoms with van der Waals surface area (Å²) in [4.78, 5) is 27.0. The standard InChI is InChI=1S/C13H22N2O3/c1-3-10-4-6-14(8-10)12(18)15-7-5-13(2,9-15)11(16)17/h10H,3-9H2,1-2H3,(H,16,17). The molecule has 0 saturated carbocycles. The first-order chi connectivity index (χ1) is 8.46. The fraction of sp³-hybridized carbons (Fsp3) is 0.846. The summed E-state index contributed by atoms with van der Waals surface area (Å²) in [6, 6.07) is 0.0240. The van der Waals surface area contributed by atoms with E-state index in [4.69, 9.17) is 5.11 Å². The van der Waals surface area contributed by atoms with Gasteiger partial charge >= 0.3 is 12.0 Å². The van der Waals surface area contributed by atoms with Crippen molar-refractivity contribution in [3.05, 3.63) is 0 Å². The molecular formula is C13H22N2O3. The van der Waals surface area contributed by atoms with Gasteiger partial charge in [-0.2, -0.15) is 0 Å². The van der Waals surface area contributed by atoms with E-state index in [0.29, 0.717) is 25.4 Å². The van der Waals surface area contributed by atoms with Gasteiger partial charge in [0, 0.05) is 26.2 Å². The highest BCUT2D eigenvalue weighted by molar-refractivity contribution is 5.79. The number of hydrogen-bond donors (Lipinski definition) is 1. The maximum atomic E-state index is 12.3. The molecular weight excluding hydrogens is 232 g/mol. The van der Waals surface area contributed by atoms with Crippen molar-refractivity contribution in [2.75, 3.05) is 26.2 Å². The Morgan fingerprint density at radius 2 is 2.06 bits per heavy atom. The molecule has 2 fully saturated rings. The van der Waals surface area contributed by atoms with Gasteiger partial charge in [-0.1, -0.05) is 13.3 Å². The lowest BCUT2D eigenvalue weighted by Crippen LogP contribution is -2.42. The molecule has 0 spiro atoms. The summed E-state index contributed by atoms with van der Waals surface area (Å²) in [6.07, 6.45) is 2.74. The molecule has 0 radical (unpaired) electrons. The number of amides is 2. The van der Waals surface area contributed by atoms with Crippen LogP contribution in [0.15, 0.2) is 0 Å². The first-order valence-electron chi connectivity index (χ1n) is 6.73. The molecule has 0 aromatic rings. The monoisotopic (exact) mass is 254 g/mol. The van der Waals surface area contributed by atoms with Gasteiger partial charge in [-0.3, -0.25) is 4.79 Å². The third-order valence-corrected chi connectivity index (χ3v) is 4.39. The lowest BCUT2D eigenvalue weighted by Gasteiger charge is -2.25. The molecule has 0 aromatic carbocycles. The van der Waals surface area contributed by atoms with Gasteiger partial charge in [-0.25, -0.2) is 4.79 Å². The van der Waals surface area contributed by atoms with Gasteiger partial charge in [0.15, 0.2) is 0 Å². The van der Waals surface area contributed by atoms with Crippen molar-refractivity contribution in [3.8, 4) is 0 Å². The minimum Gasteiger partial charge on any atom is -0.481 e. The van der Waals surface area contributed by atoms with E-state index in [2.05, 4.69) is 6.92 Å². The predicted molar refractivity (Wildman–Crippen MR) is 67.3 cm³/mol. The highest BCUT2D eigenvalue weighted by atomic mass is 16.4. The van der Waals surface area contributed by atoms with Crippen molar-refractivity contribution in [3.63, 3.8) is 0 Å². The molecule has 2 aliphatic heterocycles. The highest BCUT2D eigenvalue weighted by Gasteiger charge is 2.43. The van der Waals surface area contributed by atoms with Crippen LogP contribution in [0.3, 0.4) is 0 Å². The molecule has 2 amide bonds. The number of likely N-dealkylation sites (tertiary alicyclic amines) is 2. The Bertz CT molecular complexity index is 358. The van der Waals surface area contributed by atoms with E-state index in [-0.39, 0.29) is 6.03 Å². The molecule has 18 heavy (non-hydrogen) atoms. The van der Waals surface area contributed by atoms with E-state index in [9.17, 15) is 9.59 Å². The molecule has 5 nitrogen and oxygen atoms in total. The molecule has 2 rings (SSSR count). The highest BCUT2D eigenvalue weighted by Crippen LogP contribution is 2.31. The number of rotatable bonds is 2. The van der Waals surface area contributed by atoms with Crippen LogP contribution in [0.2, 0.25) is 0 Å². The van der Waals surface area contributed by atoms with E-state index in [1.54, 1.807) is 11.8 Å². The first kappa shape index (κ1) is 13.2. The van der Waals surface area contributed by atoms with Crippen LogP contribution in [0.5, 0.6) is 0 Å². The van der Waals surface area contributed by atoms with Crippen molar-refractivity contribution >= 4 is 12.0 Å². The van der Waals surface area contributed by atoms with E-state index in [1.807, 2.05) is 4.90 Å². The van der Waals surface area contributed by atoms with Crippen molar-refractivity contribution < 1.29 is 14.7 Å². The fourth-order valence-electron chi connectivity index (χ4n) is 2.84. The van der Waals surface area contributed by atoms with E-state index in [0.717, 1.165) is 25.9 Å². The van der Waals surface area contributed by atoms with Crippen LogP contribution in [0.25, 0.3) is 0 Å². The fourth-order valence-corrected chi connectivity index (χ4v) is 2.84. The zero-order chi connectivity index (χ0) is 13.3. The molecule has 5 heteroatoms. The molecule has 0 bridgehead atoms. The van der Waals surface area contributed by atoms with Gasteiger partial charge < -0.3 is 14.9 Å². The quantitative estimate of drug-likeness (QED) is 0.814. The number of urea groups is 1. The zero-order valence-corrected chi connectivity index (χ0v) is 11.2. The molecule has 2 atom stereocenters. The maximum Gasteiger partial charge on any atom is 0.320 e. The SMILES string of the molecule is CCC1CCN(C(=O)N2CCC(C)(C(=O)O)C2)C1. The second kappa shape index (κ2) is 4.78. The summed E-state index contributed by atoms with van der Waals surface area (Å²) in [7, 11) is 0. The largest absolute Gasteiger partial charge is 0.481 e. The molecule has 0 aliphatic carbocycles. The summed E-state index contributed by atoms with van der Waals surface area (Å²) in [5.74, 6) is -0.187. The Morgan fingerprint density at radius 3 is 2.56 bits per heavy atom. The van der Waals surface area contributed by atoms with Crippen molar-refractivity contribution in [1.82, 2.24) is 9.80 Å². The second-order valence-electron chi connectivity index (χ2n) is 5.83. The van der Waals surface area contributed by atoms with E-state index < -0.39 is 11.4 Å². The van der Waals surface area contributed by atoms with Crippen molar-refractivity contribution in [2.45, 2.75) is 33.1 Å². The van der Waals surface area contributed by atoms with Crippen LogP contribution in [0.1, 0.15) is 33.1 Å². The Kier molecular flexibility index (Phi) is 3.50. The average molecular weight is 254 g/mol.